The first-order valence-corrected chi connectivity index (χ1v) is 6.18. The van der Waals surface area contributed by atoms with Crippen molar-refractivity contribution in [2.24, 2.45) is 0 Å². The van der Waals surface area contributed by atoms with Crippen molar-refractivity contribution in [1.82, 2.24) is 9.80 Å². The summed E-state index contributed by atoms with van der Waals surface area (Å²) in [5, 5.41) is 2.05. The Bertz CT molecular complexity index is 317. The topological polar surface area (TPSA) is 23.6 Å². The normalized spacial score (nSPS) is 15.7. The molecule has 0 atom stereocenters. The molecule has 1 aliphatic rings. The fourth-order valence-electron chi connectivity index (χ4n) is 1.85. The average Bonchev–Trinajstić information content (AvgIpc) is 2.88. The lowest BCUT2D eigenvalue weighted by atomic mass is 10.4. The molecule has 1 aliphatic heterocycles. The molecule has 82 valence electrons. The first-order chi connectivity index (χ1) is 7.27. The zero-order chi connectivity index (χ0) is 10.7. The lowest BCUT2D eigenvalue weighted by Crippen LogP contribution is -2.38. The van der Waals surface area contributed by atoms with E-state index in [0.717, 1.165) is 32.5 Å². The zero-order valence-corrected chi connectivity index (χ0v) is 9.80. The summed E-state index contributed by atoms with van der Waals surface area (Å²) in [6, 6.07) is 4.26. The van der Waals surface area contributed by atoms with Gasteiger partial charge >= 0.3 is 6.03 Å². The Labute approximate surface area is 94.3 Å². The highest BCUT2D eigenvalue weighted by Gasteiger charge is 2.21. The molecule has 4 heteroatoms. The van der Waals surface area contributed by atoms with Crippen LogP contribution in [0, 0.1) is 0 Å². The summed E-state index contributed by atoms with van der Waals surface area (Å²) < 4.78 is 0. The maximum absolute atomic E-state index is 11.9. The van der Waals surface area contributed by atoms with Gasteiger partial charge in [0.2, 0.25) is 0 Å². The monoisotopic (exact) mass is 224 g/mol. The molecule has 0 saturated carbocycles. The van der Waals surface area contributed by atoms with Gasteiger partial charge in [-0.1, -0.05) is 6.07 Å². The van der Waals surface area contributed by atoms with Gasteiger partial charge in [-0.25, -0.2) is 4.79 Å². The van der Waals surface area contributed by atoms with Crippen LogP contribution >= 0.6 is 11.3 Å². The molecule has 2 amide bonds. The second-order valence-electron chi connectivity index (χ2n) is 3.91. The molecule has 0 aromatic carbocycles. The third-order valence-corrected chi connectivity index (χ3v) is 3.54. The van der Waals surface area contributed by atoms with Crippen molar-refractivity contribution >= 4 is 17.4 Å². The summed E-state index contributed by atoms with van der Waals surface area (Å²) in [6.45, 7) is 2.58. The van der Waals surface area contributed by atoms with Gasteiger partial charge in [-0.15, -0.1) is 11.3 Å². The van der Waals surface area contributed by atoms with Gasteiger partial charge in [0, 0.05) is 25.0 Å². The standard InChI is InChI=1S/C11H16N2OS/c1-12(9-10-5-4-8-15-10)11(14)13-6-2-3-7-13/h4-5,8H,2-3,6-7,9H2,1H3. The second-order valence-corrected chi connectivity index (χ2v) is 4.94. The molecule has 0 radical (unpaired) electrons. The molecular weight excluding hydrogens is 208 g/mol. The maximum atomic E-state index is 11.9. The molecule has 2 heterocycles. The number of carbonyl (C=O) groups is 1. The molecule has 0 spiro atoms. The SMILES string of the molecule is CN(Cc1cccs1)C(=O)N1CCCC1. The van der Waals surface area contributed by atoms with Crippen LogP contribution in [0.15, 0.2) is 17.5 Å². The van der Waals surface area contributed by atoms with Gasteiger partial charge in [0.25, 0.3) is 0 Å². The molecule has 3 nitrogen and oxygen atoms in total. The van der Waals surface area contributed by atoms with Crippen molar-refractivity contribution in [1.29, 1.82) is 0 Å². The fraction of sp³-hybridized carbons (Fsp3) is 0.545. The first-order valence-electron chi connectivity index (χ1n) is 5.30. The van der Waals surface area contributed by atoms with E-state index in [2.05, 4.69) is 6.07 Å². The number of rotatable bonds is 2. The summed E-state index contributed by atoms with van der Waals surface area (Å²) in [7, 11) is 1.88. The van der Waals surface area contributed by atoms with E-state index < -0.39 is 0 Å². The lowest BCUT2D eigenvalue weighted by molar-refractivity contribution is 0.171. The number of likely N-dealkylation sites (tertiary alicyclic amines) is 1. The minimum atomic E-state index is 0.168. The van der Waals surface area contributed by atoms with Crippen LogP contribution in [-0.4, -0.2) is 36.0 Å². The summed E-state index contributed by atoms with van der Waals surface area (Å²) in [6.07, 6.45) is 2.30. The summed E-state index contributed by atoms with van der Waals surface area (Å²) >= 11 is 1.70. The van der Waals surface area contributed by atoms with E-state index in [1.54, 1.807) is 16.2 Å². The molecule has 15 heavy (non-hydrogen) atoms. The van der Waals surface area contributed by atoms with E-state index in [9.17, 15) is 4.79 Å². The van der Waals surface area contributed by atoms with Crippen molar-refractivity contribution in [3.63, 3.8) is 0 Å². The van der Waals surface area contributed by atoms with Gasteiger partial charge in [-0.3, -0.25) is 0 Å². The van der Waals surface area contributed by atoms with Crippen LogP contribution in [0.5, 0.6) is 0 Å². The minimum Gasteiger partial charge on any atom is -0.325 e. The Morgan fingerprint density at radius 3 is 2.87 bits per heavy atom. The van der Waals surface area contributed by atoms with E-state index in [4.69, 9.17) is 0 Å². The third-order valence-electron chi connectivity index (χ3n) is 2.68. The van der Waals surface area contributed by atoms with E-state index >= 15 is 0 Å². The van der Waals surface area contributed by atoms with Gasteiger partial charge in [0.15, 0.2) is 0 Å². The van der Waals surface area contributed by atoms with Gasteiger partial charge in [-0.05, 0) is 24.3 Å². The number of thiophene rings is 1. The van der Waals surface area contributed by atoms with Crippen LogP contribution < -0.4 is 0 Å². The van der Waals surface area contributed by atoms with Crippen LogP contribution in [0.3, 0.4) is 0 Å². The predicted octanol–water partition coefficient (Wildman–Crippen LogP) is 2.40. The van der Waals surface area contributed by atoms with Gasteiger partial charge in [0.1, 0.15) is 0 Å². The maximum Gasteiger partial charge on any atom is 0.320 e. The molecule has 0 bridgehead atoms. The van der Waals surface area contributed by atoms with Gasteiger partial charge in [-0.2, -0.15) is 0 Å². The highest BCUT2D eigenvalue weighted by Crippen LogP contribution is 2.14. The Balaban J connectivity index is 1.89. The Morgan fingerprint density at radius 2 is 2.27 bits per heavy atom. The Hall–Kier alpha value is -1.03. The molecule has 1 aromatic rings. The summed E-state index contributed by atoms with van der Waals surface area (Å²) in [5.74, 6) is 0. The second kappa shape index (κ2) is 4.66. The Kier molecular flexibility index (Phi) is 3.26. The molecular formula is C11H16N2OS. The van der Waals surface area contributed by atoms with Crippen molar-refractivity contribution in [3.05, 3.63) is 22.4 Å². The zero-order valence-electron chi connectivity index (χ0n) is 8.98. The van der Waals surface area contributed by atoms with Crippen molar-refractivity contribution < 1.29 is 4.79 Å². The molecule has 0 unspecified atom stereocenters. The average molecular weight is 224 g/mol. The first kappa shape index (κ1) is 10.5. The smallest absolute Gasteiger partial charge is 0.320 e. The Morgan fingerprint density at radius 1 is 1.53 bits per heavy atom. The van der Waals surface area contributed by atoms with E-state index in [0.29, 0.717) is 0 Å². The molecule has 0 N–H and O–H groups in total. The molecule has 2 rings (SSSR count). The minimum absolute atomic E-state index is 0.168. The fourth-order valence-corrected chi connectivity index (χ4v) is 2.61. The van der Waals surface area contributed by atoms with E-state index in [1.807, 2.05) is 23.4 Å². The van der Waals surface area contributed by atoms with Crippen molar-refractivity contribution in [2.75, 3.05) is 20.1 Å². The number of urea groups is 1. The van der Waals surface area contributed by atoms with E-state index in [1.165, 1.54) is 4.88 Å². The van der Waals surface area contributed by atoms with Crippen LogP contribution in [-0.2, 0) is 6.54 Å². The van der Waals surface area contributed by atoms with Gasteiger partial charge in [0.05, 0.1) is 6.54 Å². The predicted molar refractivity (Wildman–Crippen MR) is 62.0 cm³/mol. The highest BCUT2D eigenvalue weighted by atomic mass is 32.1. The molecule has 1 fully saturated rings. The number of hydrogen-bond acceptors (Lipinski definition) is 2. The molecule has 1 aromatic heterocycles. The largest absolute Gasteiger partial charge is 0.325 e. The van der Waals surface area contributed by atoms with Crippen LogP contribution in [0.25, 0.3) is 0 Å². The van der Waals surface area contributed by atoms with E-state index in [-0.39, 0.29) is 6.03 Å². The quantitative estimate of drug-likeness (QED) is 0.756. The number of nitrogens with zero attached hydrogens (tertiary/aromatic N) is 2. The third kappa shape index (κ3) is 2.50. The van der Waals surface area contributed by atoms with Crippen LogP contribution in [0.1, 0.15) is 17.7 Å². The number of carbonyl (C=O) groups excluding carboxylic acids is 1. The van der Waals surface area contributed by atoms with Crippen LogP contribution in [0.2, 0.25) is 0 Å². The lowest BCUT2D eigenvalue weighted by Gasteiger charge is -2.23. The van der Waals surface area contributed by atoms with Crippen molar-refractivity contribution in [2.45, 2.75) is 19.4 Å². The number of hydrogen-bond donors (Lipinski definition) is 0. The van der Waals surface area contributed by atoms with Gasteiger partial charge < -0.3 is 9.80 Å². The summed E-state index contributed by atoms with van der Waals surface area (Å²) in [5.41, 5.74) is 0. The number of amides is 2. The molecule has 1 saturated heterocycles. The summed E-state index contributed by atoms with van der Waals surface area (Å²) in [4.78, 5) is 16.9. The van der Waals surface area contributed by atoms with Crippen LogP contribution in [0.4, 0.5) is 4.79 Å². The van der Waals surface area contributed by atoms with Crippen molar-refractivity contribution in [3.8, 4) is 0 Å². The highest BCUT2D eigenvalue weighted by molar-refractivity contribution is 7.09. The molecule has 0 aliphatic carbocycles.